The Morgan fingerprint density at radius 1 is 1.06 bits per heavy atom. The third kappa shape index (κ3) is 5.29. The molecule has 1 aliphatic rings. The van der Waals surface area contributed by atoms with Gasteiger partial charge in [0, 0.05) is 47.6 Å². The fraction of sp³-hybridized carbons (Fsp3) is 0.296. The summed E-state index contributed by atoms with van der Waals surface area (Å²) in [5, 5.41) is 10.6. The van der Waals surface area contributed by atoms with E-state index in [1.807, 2.05) is 61.5 Å². The van der Waals surface area contributed by atoms with Gasteiger partial charge in [-0.15, -0.1) is 0 Å². The number of hydrogen-bond donors (Lipinski definition) is 3. The van der Waals surface area contributed by atoms with E-state index in [1.165, 1.54) is 0 Å². The smallest absolute Gasteiger partial charge is 0.257 e. The third-order valence-corrected chi connectivity index (χ3v) is 6.49. The van der Waals surface area contributed by atoms with E-state index in [1.54, 1.807) is 13.2 Å². The van der Waals surface area contributed by atoms with E-state index in [0.29, 0.717) is 27.7 Å². The fourth-order valence-corrected chi connectivity index (χ4v) is 4.38. The van der Waals surface area contributed by atoms with Crippen LogP contribution in [-0.2, 0) is 0 Å². The molecule has 0 spiro atoms. The highest BCUT2D eigenvalue weighted by atomic mass is 35.5. The second kappa shape index (κ2) is 9.95. The quantitative estimate of drug-likeness (QED) is 0.415. The molecule has 3 aromatic carbocycles. The van der Waals surface area contributed by atoms with Crippen LogP contribution in [0.2, 0.25) is 5.02 Å². The standard InChI is InChI=1S/C27H31ClN4O2/c1-18-21(28)9-7-11-22(18)30-23-10-6-5-8-20(23)26(33)31-24-13-12-19(16-25(24)34-4)32-15-14-29-27(2,3)17-32/h5-13,16,29-30H,14-15,17H2,1-4H3,(H,31,33). The molecule has 0 radical (unpaired) electrons. The molecule has 34 heavy (non-hydrogen) atoms. The molecule has 1 heterocycles. The van der Waals surface area contributed by atoms with Crippen molar-refractivity contribution in [1.82, 2.24) is 5.32 Å². The van der Waals surface area contributed by atoms with E-state index in [4.69, 9.17) is 16.3 Å². The molecule has 0 bridgehead atoms. The summed E-state index contributed by atoms with van der Waals surface area (Å²) in [4.78, 5) is 15.6. The van der Waals surface area contributed by atoms with Crippen LogP contribution in [0.15, 0.2) is 60.7 Å². The van der Waals surface area contributed by atoms with Crippen molar-refractivity contribution in [1.29, 1.82) is 0 Å². The maximum atomic E-state index is 13.3. The number of benzene rings is 3. The molecule has 0 atom stereocenters. The summed E-state index contributed by atoms with van der Waals surface area (Å²) in [6.45, 7) is 9.07. The topological polar surface area (TPSA) is 65.6 Å². The minimum absolute atomic E-state index is 0.0381. The summed E-state index contributed by atoms with van der Waals surface area (Å²) >= 11 is 6.27. The van der Waals surface area contributed by atoms with Gasteiger partial charge >= 0.3 is 0 Å². The zero-order valence-electron chi connectivity index (χ0n) is 20.0. The van der Waals surface area contributed by atoms with Gasteiger partial charge in [-0.25, -0.2) is 0 Å². The van der Waals surface area contributed by atoms with E-state index in [2.05, 4.69) is 34.7 Å². The highest BCUT2D eigenvalue weighted by Crippen LogP contribution is 2.33. The molecule has 178 valence electrons. The van der Waals surface area contributed by atoms with E-state index in [-0.39, 0.29) is 11.4 Å². The molecule has 3 N–H and O–H groups in total. The molecule has 7 heteroatoms. The summed E-state index contributed by atoms with van der Waals surface area (Å²) < 4.78 is 5.63. The van der Waals surface area contributed by atoms with Crippen molar-refractivity contribution in [3.63, 3.8) is 0 Å². The molecule has 6 nitrogen and oxygen atoms in total. The summed E-state index contributed by atoms with van der Waals surface area (Å²) in [5.41, 5.74) is 4.74. The summed E-state index contributed by atoms with van der Waals surface area (Å²) in [6, 6.07) is 19.0. The van der Waals surface area contributed by atoms with Crippen LogP contribution < -0.4 is 25.6 Å². The van der Waals surface area contributed by atoms with Gasteiger partial charge in [-0.3, -0.25) is 4.79 Å². The zero-order chi connectivity index (χ0) is 24.3. The Bertz CT molecular complexity index is 1190. The van der Waals surface area contributed by atoms with Crippen LogP contribution in [0.1, 0.15) is 29.8 Å². The van der Waals surface area contributed by atoms with Crippen molar-refractivity contribution in [3.8, 4) is 5.75 Å². The average molecular weight is 479 g/mol. The van der Waals surface area contributed by atoms with Gasteiger partial charge in [-0.1, -0.05) is 29.8 Å². The lowest BCUT2D eigenvalue weighted by molar-refractivity contribution is 0.102. The van der Waals surface area contributed by atoms with Crippen LogP contribution >= 0.6 is 11.6 Å². The SMILES string of the molecule is COc1cc(N2CCNC(C)(C)C2)ccc1NC(=O)c1ccccc1Nc1cccc(Cl)c1C. The van der Waals surface area contributed by atoms with Gasteiger partial charge in [0.05, 0.1) is 24.0 Å². The lowest BCUT2D eigenvalue weighted by atomic mass is 10.0. The number of methoxy groups -OCH3 is 1. The van der Waals surface area contributed by atoms with Crippen molar-refractivity contribution < 1.29 is 9.53 Å². The number of para-hydroxylation sites is 1. The fourth-order valence-electron chi connectivity index (χ4n) is 4.21. The summed E-state index contributed by atoms with van der Waals surface area (Å²) in [6.07, 6.45) is 0. The number of piperazine rings is 1. The number of carbonyl (C=O) groups is 1. The first kappa shape index (κ1) is 23.9. The number of amides is 1. The van der Waals surface area contributed by atoms with Crippen molar-refractivity contribution >= 4 is 40.3 Å². The van der Waals surface area contributed by atoms with Crippen molar-refractivity contribution in [2.75, 3.05) is 42.3 Å². The Balaban J connectivity index is 1.56. The Hall–Kier alpha value is -3.22. The number of halogens is 1. The zero-order valence-corrected chi connectivity index (χ0v) is 20.8. The predicted octanol–water partition coefficient (Wildman–Crippen LogP) is 5.84. The average Bonchev–Trinajstić information content (AvgIpc) is 2.82. The van der Waals surface area contributed by atoms with Crippen LogP contribution in [0.3, 0.4) is 0 Å². The summed E-state index contributed by atoms with van der Waals surface area (Å²) in [7, 11) is 1.62. The van der Waals surface area contributed by atoms with Crippen molar-refractivity contribution in [3.05, 3.63) is 76.8 Å². The lowest BCUT2D eigenvalue weighted by Crippen LogP contribution is -2.57. The second-order valence-corrected chi connectivity index (χ2v) is 9.56. The first-order valence-corrected chi connectivity index (χ1v) is 11.8. The predicted molar refractivity (Wildman–Crippen MR) is 141 cm³/mol. The van der Waals surface area contributed by atoms with Gasteiger partial charge in [0.1, 0.15) is 5.75 Å². The Labute approximate surface area is 206 Å². The molecule has 1 amide bonds. The minimum Gasteiger partial charge on any atom is -0.494 e. The van der Waals surface area contributed by atoms with Crippen LogP contribution in [0, 0.1) is 6.92 Å². The first-order chi connectivity index (χ1) is 16.3. The number of hydrogen-bond acceptors (Lipinski definition) is 5. The van der Waals surface area contributed by atoms with E-state index >= 15 is 0 Å². The Morgan fingerprint density at radius 2 is 1.82 bits per heavy atom. The molecule has 3 aromatic rings. The Morgan fingerprint density at radius 3 is 2.59 bits per heavy atom. The highest BCUT2D eigenvalue weighted by molar-refractivity contribution is 6.31. The lowest BCUT2D eigenvalue weighted by Gasteiger charge is -2.40. The molecule has 0 unspecified atom stereocenters. The number of ether oxygens (including phenoxy) is 1. The minimum atomic E-state index is -0.225. The van der Waals surface area contributed by atoms with Crippen molar-refractivity contribution in [2.45, 2.75) is 26.3 Å². The monoisotopic (exact) mass is 478 g/mol. The van der Waals surface area contributed by atoms with Crippen LogP contribution in [-0.4, -0.2) is 38.2 Å². The normalized spacial score (nSPS) is 15.0. The first-order valence-electron chi connectivity index (χ1n) is 11.4. The van der Waals surface area contributed by atoms with Gasteiger partial charge < -0.3 is 25.6 Å². The second-order valence-electron chi connectivity index (χ2n) is 9.15. The van der Waals surface area contributed by atoms with Gasteiger partial charge in [0.25, 0.3) is 5.91 Å². The van der Waals surface area contributed by atoms with Gasteiger partial charge in [-0.05, 0) is 62.7 Å². The number of nitrogens with one attached hydrogen (secondary N) is 3. The number of rotatable bonds is 6. The number of anilines is 4. The molecule has 0 saturated carbocycles. The molecule has 0 aliphatic carbocycles. The maximum Gasteiger partial charge on any atom is 0.257 e. The van der Waals surface area contributed by atoms with E-state index < -0.39 is 0 Å². The third-order valence-electron chi connectivity index (χ3n) is 6.08. The molecule has 1 fully saturated rings. The molecule has 1 saturated heterocycles. The maximum absolute atomic E-state index is 13.3. The highest BCUT2D eigenvalue weighted by Gasteiger charge is 2.26. The number of carbonyl (C=O) groups excluding carboxylic acids is 1. The molecule has 4 rings (SSSR count). The van der Waals surface area contributed by atoms with Gasteiger partial charge in [-0.2, -0.15) is 0 Å². The largest absolute Gasteiger partial charge is 0.494 e. The Kier molecular flexibility index (Phi) is 7.00. The van der Waals surface area contributed by atoms with E-state index in [0.717, 1.165) is 36.6 Å². The van der Waals surface area contributed by atoms with Crippen LogP contribution in [0.5, 0.6) is 5.75 Å². The van der Waals surface area contributed by atoms with Gasteiger partial charge in [0.2, 0.25) is 0 Å². The van der Waals surface area contributed by atoms with E-state index in [9.17, 15) is 4.79 Å². The molecular formula is C27H31ClN4O2. The van der Waals surface area contributed by atoms with Gasteiger partial charge in [0.15, 0.2) is 0 Å². The van der Waals surface area contributed by atoms with Crippen LogP contribution in [0.4, 0.5) is 22.7 Å². The molecule has 1 aliphatic heterocycles. The van der Waals surface area contributed by atoms with Crippen LogP contribution in [0.25, 0.3) is 0 Å². The summed E-state index contributed by atoms with van der Waals surface area (Å²) in [5.74, 6) is 0.399. The number of nitrogens with zero attached hydrogens (tertiary/aromatic N) is 1. The molecule has 0 aromatic heterocycles. The molecular weight excluding hydrogens is 448 g/mol. The van der Waals surface area contributed by atoms with Crippen molar-refractivity contribution in [2.24, 2.45) is 0 Å².